The van der Waals surface area contributed by atoms with Crippen LogP contribution in [0.4, 0.5) is 0 Å². The number of nitrogens with zero attached hydrogens (tertiary/aromatic N) is 4. The maximum Gasteiger partial charge on any atom is 0.159 e. The van der Waals surface area contributed by atoms with E-state index in [1.807, 2.05) is 37.4 Å². The summed E-state index contributed by atoms with van der Waals surface area (Å²) in [4.78, 5) is 9.63. The number of hydrogen-bond acceptors (Lipinski definition) is 4. The standard InChI is InChI=1S/C20H18N4O/c1-4-14-15-7-5-12(11-21)9-17(15)22-19(14)20-23-16-8-6-13(25-3)10-18(16)24(20)2/h5-10,15H,4H2,1-3H3. The number of aryl methyl sites for hydroxylation is 1. The molecule has 0 fully saturated rings. The van der Waals surface area contributed by atoms with E-state index in [9.17, 15) is 0 Å². The minimum absolute atomic E-state index is 0.145. The fourth-order valence-electron chi connectivity index (χ4n) is 3.50. The molecule has 1 aliphatic carbocycles. The molecule has 0 saturated heterocycles. The lowest BCUT2D eigenvalue weighted by atomic mass is 9.88. The SMILES string of the molecule is CCC1=C(c2nc3ccc(OC)cc3n2C)N=C2C=C(C#N)C=CC21. The first-order valence-corrected chi connectivity index (χ1v) is 8.28. The summed E-state index contributed by atoms with van der Waals surface area (Å²) in [7, 11) is 3.66. The van der Waals surface area contributed by atoms with Gasteiger partial charge >= 0.3 is 0 Å². The molecule has 0 radical (unpaired) electrons. The van der Waals surface area contributed by atoms with Crippen LogP contribution in [0, 0.1) is 17.2 Å². The van der Waals surface area contributed by atoms with Gasteiger partial charge in [-0.05, 0) is 36.3 Å². The van der Waals surface area contributed by atoms with Gasteiger partial charge in [0.1, 0.15) is 11.4 Å². The second-order valence-corrected chi connectivity index (χ2v) is 6.16. The molecule has 25 heavy (non-hydrogen) atoms. The maximum absolute atomic E-state index is 9.14. The van der Waals surface area contributed by atoms with Crippen LogP contribution in [0.25, 0.3) is 16.7 Å². The Hall–Kier alpha value is -3.13. The summed E-state index contributed by atoms with van der Waals surface area (Å²) < 4.78 is 7.39. The van der Waals surface area contributed by atoms with Crippen LogP contribution in [0.15, 0.2) is 52.6 Å². The van der Waals surface area contributed by atoms with Crippen molar-refractivity contribution in [2.75, 3.05) is 7.11 Å². The molecule has 5 nitrogen and oxygen atoms in total. The van der Waals surface area contributed by atoms with E-state index >= 15 is 0 Å². The summed E-state index contributed by atoms with van der Waals surface area (Å²) in [6.45, 7) is 2.14. The molecule has 1 unspecified atom stereocenters. The van der Waals surface area contributed by atoms with E-state index < -0.39 is 0 Å². The van der Waals surface area contributed by atoms with Crippen molar-refractivity contribution >= 4 is 22.4 Å². The molecule has 1 aliphatic heterocycles. The minimum Gasteiger partial charge on any atom is -0.497 e. The molecule has 1 aromatic heterocycles. The van der Waals surface area contributed by atoms with Crippen molar-refractivity contribution in [3.63, 3.8) is 0 Å². The van der Waals surface area contributed by atoms with E-state index in [1.54, 1.807) is 7.11 Å². The highest BCUT2D eigenvalue weighted by molar-refractivity contribution is 6.09. The lowest BCUT2D eigenvalue weighted by Crippen LogP contribution is -2.11. The van der Waals surface area contributed by atoms with E-state index in [-0.39, 0.29) is 5.92 Å². The Balaban J connectivity index is 1.89. The number of nitriles is 1. The van der Waals surface area contributed by atoms with Gasteiger partial charge in [0.15, 0.2) is 5.82 Å². The molecule has 0 spiro atoms. The number of allylic oxidation sites excluding steroid dienone is 5. The predicted molar refractivity (Wildman–Crippen MR) is 98.2 cm³/mol. The predicted octanol–water partition coefficient (Wildman–Crippen LogP) is 3.79. The smallest absolute Gasteiger partial charge is 0.159 e. The number of imidazole rings is 1. The third-order valence-corrected chi connectivity index (χ3v) is 4.82. The molecular weight excluding hydrogens is 312 g/mol. The molecule has 0 saturated carbocycles. The topological polar surface area (TPSA) is 63.2 Å². The molecule has 5 heteroatoms. The maximum atomic E-state index is 9.14. The number of rotatable bonds is 3. The zero-order chi connectivity index (χ0) is 17.6. The van der Waals surface area contributed by atoms with E-state index in [4.69, 9.17) is 20.0 Å². The van der Waals surface area contributed by atoms with Crippen molar-refractivity contribution in [1.82, 2.24) is 9.55 Å². The van der Waals surface area contributed by atoms with Crippen LogP contribution < -0.4 is 4.74 Å². The summed E-state index contributed by atoms with van der Waals surface area (Å²) in [6, 6.07) is 8.06. The Labute approximate surface area is 146 Å². The van der Waals surface area contributed by atoms with Gasteiger partial charge < -0.3 is 9.30 Å². The van der Waals surface area contributed by atoms with Gasteiger partial charge in [0.2, 0.25) is 0 Å². The quantitative estimate of drug-likeness (QED) is 0.860. The number of aromatic nitrogens is 2. The van der Waals surface area contributed by atoms with Crippen LogP contribution in [-0.4, -0.2) is 22.4 Å². The molecule has 2 aliphatic rings. The highest BCUT2D eigenvalue weighted by Crippen LogP contribution is 2.38. The van der Waals surface area contributed by atoms with E-state index in [1.165, 1.54) is 5.57 Å². The Bertz CT molecular complexity index is 1040. The minimum atomic E-state index is 0.145. The number of benzene rings is 1. The van der Waals surface area contributed by atoms with Crippen molar-refractivity contribution in [2.45, 2.75) is 13.3 Å². The number of ether oxygens (including phenoxy) is 1. The number of fused-ring (bicyclic) bond motifs is 2. The molecule has 2 heterocycles. The summed E-state index contributed by atoms with van der Waals surface area (Å²) in [5.74, 6) is 1.80. The summed E-state index contributed by atoms with van der Waals surface area (Å²) >= 11 is 0. The van der Waals surface area contributed by atoms with Gasteiger partial charge in [0.05, 0.1) is 35.5 Å². The van der Waals surface area contributed by atoms with Crippen LogP contribution in [0.5, 0.6) is 5.75 Å². The average molecular weight is 330 g/mol. The van der Waals surface area contributed by atoms with Gasteiger partial charge in [-0.15, -0.1) is 0 Å². The fourth-order valence-corrected chi connectivity index (χ4v) is 3.50. The monoisotopic (exact) mass is 330 g/mol. The first kappa shape index (κ1) is 15.4. The lowest BCUT2D eigenvalue weighted by molar-refractivity contribution is 0.415. The van der Waals surface area contributed by atoms with Crippen molar-refractivity contribution in [3.8, 4) is 11.8 Å². The Morgan fingerprint density at radius 3 is 2.92 bits per heavy atom. The van der Waals surface area contributed by atoms with Gasteiger partial charge in [-0.3, -0.25) is 0 Å². The number of methoxy groups -OCH3 is 1. The van der Waals surface area contributed by atoms with Crippen LogP contribution in [0.2, 0.25) is 0 Å². The Kier molecular flexibility index (Phi) is 3.54. The molecule has 4 rings (SSSR count). The lowest BCUT2D eigenvalue weighted by Gasteiger charge is -2.13. The fraction of sp³-hybridized carbons (Fsp3) is 0.250. The van der Waals surface area contributed by atoms with Gasteiger partial charge in [-0.2, -0.15) is 5.26 Å². The third-order valence-electron chi connectivity index (χ3n) is 4.82. The van der Waals surface area contributed by atoms with Crippen LogP contribution >= 0.6 is 0 Å². The van der Waals surface area contributed by atoms with Crippen LogP contribution in [-0.2, 0) is 7.05 Å². The van der Waals surface area contributed by atoms with Gasteiger partial charge in [0, 0.05) is 19.0 Å². The molecule has 124 valence electrons. The zero-order valence-electron chi connectivity index (χ0n) is 14.4. The molecule has 1 aromatic carbocycles. The van der Waals surface area contributed by atoms with Gasteiger partial charge in [-0.1, -0.05) is 13.0 Å². The van der Waals surface area contributed by atoms with Gasteiger partial charge in [-0.25, -0.2) is 9.98 Å². The first-order valence-electron chi connectivity index (χ1n) is 8.28. The molecule has 0 bridgehead atoms. The van der Waals surface area contributed by atoms with Crippen molar-refractivity contribution in [3.05, 3.63) is 53.4 Å². The molecule has 2 aromatic rings. The summed E-state index contributed by atoms with van der Waals surface area (Å²) in [5.41, 5.74) is 5.65. The molecular formula is C20H18N4O. The number of hydrogen-bond donors (Lipinski definition) is 0. The largest absolute Gasteiger partial charge is 0.497 e. The third kappa shape index (κ3) is 2.30. The second-order valence-electron chi connectivity index (χ2n) is 6.16. The highest BCUT2D eigenvalue weighted by Gasteiger charge is 2.30. The zero-order valence-corrected chi connectivity index (χ0v) is 14.4. The van der Waals surface area contributed by atoms with Crippen LogP contribution in [0.1, 0.15) is 19.2 Å². The molecule has 1 atom stereocenters. The summed E-state index contributed by atoms with van der Waals surface area (Å²) in [6.07, 6.45) is 6.70. The second kappa shape index (κ2) is 5.75. The average Bonchev–Trinajstić information content (AvgIpc) is 3.17. The van der Waals surface area contributed by atoms with Gasteiger partial charge in [0.25, 0.3) is 0 Å². The summed E-state index contributed by atoms with van der Waals surface area (Å²) in [5, 5.41) is 9.14. The first-order chi connectivity index (χ1) is 12.2. The van der Waals surface area contributed by atoms with Crippen molar-refractivity contribution in [2.24, 2.45) is 18.0 Å². The number of aliphatic imine (C=N–C) groups is 1. The van der Waals surface area contributed by atoms with Crippen molar-refractivity contribution in [1.29, 1.82) is 5.26 Å². The Morgan fingerprint density at radius 1 is 1.36 bits per heavy atom. The normalized spacial score (nSPS) is 18.9. The van der Waals surface area contributed by atoms with E-state index in [0.717, 1.165) is 40.4 Å². The molecule has 0 N–H and O–H groups in total. The van der Waals surface area contributed by atoms with E-state index in [2.05, 4.69) is 23.6 Å². The van der Waals surface area contributed by atoms with E-state index in [0.29, 0.717) is 5.57 Å². The Morgan fingerprint density at radius 2 is 2.20 bits per heavy atom. The molecule has 0 amide bonds. The van der Waals surface area contributed by atoms with Crippen LogP contribution in [0.3, 0.4) is 0 Å². The highest BCUT2D eigenvalue weighted by atomic mass is 16.5. The van der Waals surface area contributed by atoms with Crippen molar-refractivity contribution < 1.29 is 4.74 Å².